The quantitative estimate of drug-likeness (QED) is 0.477. The van der Waals surface area contributed by atoms with Gasteiger partial charge in [0.2, 0.25) is 5.91 Å². The van der Waals surface area contributed by atoms with Crippen LogP contribution in [0.2, 0.25) is 0 Å². The minimum Gasteiger partial charge on any atom is -0.497 e. The molecular formula is C27H33FN4O7S. The SMILES string of the molecule is COc1ccc(CN2C(=O)CCN(c3ccc(N4CCN(C(=O)OC(C)(C)C)CC4)c(S(=O)(=O)F)c3)C2=O)cc1. The van der Waals surface area contributed by atoms with E-state index in [2.05, 4.69) is 0 Å². The van der Waals surface area contributed by atoms with E-state index in [4.69, 9.17) is 9.47 Å². The molecule has 0 unspecified atom stereocenters. The summed E-state index contributed by atoms with van der Waals surface area (Å²) < 4.78 is 49.5. The molecule has 2 aromatic carbocycles. The lowest BCUT2D eigenvalue weighted by molar-refractivity contribution is -0.129. The Hall–Kier alpha value is -3.87. The van der Waals surface area contributed by atoms with Gasteiger partial charge in [-0.1, -0.05) is 12.1 Å². The van der Waals surface area contributed by atoms with E-state index < -0.39 is 32.8 Å². The van der Waals surface area contributed by atoms with Gasteiger partial charge >= 0.3 is 22.3 Å². The maximum atomic E-state index is 14.5. The molecule has 2 aliphatic rings. The second-order valence-corrected chi connectivity index (χ2v) is 11.9. The molecule has 2 heterocycles. The monoisotopic (exact) mass is 576 g/mol. The highest BCUT2D eigenvalue weighted by molar-refractivity contribution is 7.86. The van der Waals surface area contributed by atoms with Gasteiger partial charge in [-0.2, -0.15) is 8.42 Å². The number of imide groups is 1. The fraction of sp³-hybridized carbons (Fsp3) is 0.444. The van der Waals surface area contributed by atoms with Crippen LogP contribution in [0.1, 0.15) is 32.8 Å². The van der Waals surface area contributed by atoms with E-state index in [-0.39, 0.29) is 63.0 Å². The molecule has 2 aromatic rings. The van der Waals surface area contributed by atoms with Gasteiger partial charge < -0.3 is 19.3 Å². The summed E-state index contributed by atoms with van der Waals surface area (Å²) in [5.41, 5.74) is 0.341. The van der Waals surface area contributed by atoms with E-state index in [9.17, 15) is 26.7 Å². The summed E-state index contributed by atoms with van der Waals surface area (Å²) >= 11 is 0. The fourth-order valence-corrected chi connectivity index (χ4v) is 5.29. The van der Waals surface area contributed by atoms with Gasteiger partial charge in [-0.05, 0) is 56.7 Å². The highest BCUT2D eigenvalue weighted by Gasteiger charge is 2.35. The number of benzene rings is 2. The van der Waals surface area contributed by atoms with E-state index >= 15 is 0 Å². The number of ether oxygens (including phenoxy) is 2. The van der Waals surface area contributed by atoms with Crippen molar-refractivity contribution in [2.24, 2.45) is 0 Å². The van der Waals surface area contributed by atoms with Gasteiger partial charge in [-0.25, -0.2) is 9.59 Å². The highest BCUT2D eigenvalue weighted by Crippen LogP contribution is 2.33. The Kier molecular flexibility index (Phi) is 8.24. The molecule has 0 bridgehead atoms. The molecule has 0 aliphatic carbocycles. The number of anilines is 2. The molecule has 2 saturated heterocycles. The lowest BCUT2D eigenvalue weighted by atomic mass is 10.1. The third-order valence-electron chi connectivity index (χ3n) is 6.60. The fourth-order valence-electron chi connectivity index (χ4n) is 4.58. The number of piperazine rings is 1. The largest absolute Gasteiger partial charge is 0.497 e. The Labute approximate surface area is 233 Å². The lowest BCUT2D eigenvalue weighted by Gasteiger charge is -2.38. The van der Waals surface area contributed by atoms with Gasteiger partial charge in [0.05, 0.1) is 19.3 Å². The summed E-state index contributed by atoms with van der Waals surface area (Å²) in [4.78, 5) is 43.3. The van der Waals surface area contributed by atoms with Gasteiger partial charge in [-0.15, -0.1) is 3.89 Å². The van der Waals surface area contributed by atoms with Crippen LogP contribution in [0.15, 0.2) is 47.4 Å². The number of carbonyl (C=O) groups excluding carboxylic acids is 3. The first-order chi connectivity index (χ1) is 18.8. The standard InChI is InChI=1S/C27H33FN4O7S/c1-27(2,3)39-26(35)30-15-13-29(14-16-30)22-10-7-20(17-23(22)40(28,36)37)31-12-11-24(33)32(25(31)34)18-19-5-8-21(38-4)9-6-19/h5-10,17H,11-16,18H2,1-4H3. The zero-order valence-electron chi connectivity index (χ0n) is 22.9. The van der Waals surface area contributed by atoms with Crippen LogP contribution in [0.4, 0.5) is 24.8 Å². The predicted octanol–water partition coefficient (Wildman–Crippen LogP) is 3.77. The third kappa shape index (κ3) is 6.64. The van der Waals surface area contributed by atoms with Crippen molar-refractivity contribution in [1.29, 1.82) is 0 Å². The molecule has 2 fully saturated rings. The van der Waals surface area contributed by atoms with Crippen LogP contribution in [0.3, 0.4) is 0 Å². The molecule has 0 aromatic heterocycles. The zero-order valence-corrected chi connectivity index (χ0v) is 23.7. The number of rotatable bonds is 6. The Balaban J connectivity index is 1.53. The lowest BCUT2D eigenvalue weighted by Crippen LogP contribution is -2.52. The van der Waals surface area contributed by atoms with E-state index in [0.29, 0.717) is 11.3 Å². The van der Waals surface area contributed by atoms with Crippen LogP contribution in [0.5, 0.6) is 5.75 Å². The van der Waals surface area contributed by atoms with Crippen LogP contribution >= 0.6 is 0 Å². The van der Waals surface area contributed by atoms with Crippen molar-refractivity contribution in [3.05, 3.63) is 48.0 Å². The molecule has 13 heteroatoms. The van der Waals surface area contributed by atoms with Crippen molar-refractivity contribution < 1.29 is 36.2 Å². The van der Waals surface area contributed by atoms with E-state index in [0.717, 1.165) is 11.0 Å². The first-order valence-corrected chi connectivity index (χ1v) is 14.2. The second-order valence-electron chi connectivity index (χ2n) is 10.6. The van der Waals surface area contributed by atoms with Gasteiger partial charge in [0.25, 0.3) is 0 Å². The number of halogens is 1. The summed E-state index contributed by atoms with van der Waals surface area (Å²) in [7, 11) is -3.64. The number of hydrogen-bond acceptors (Lipinski definition) is 8. The third-order valence-corrected chi connectivity index (χ3v) is 7.45. The molecule has 216 valence electrons. The summed E-state index contributed by atoms with van der Waals surface area (Å²) in [5, 5.41) is 0. The van der Waals surface area contributed by atoms with Crippen molar-refractivity contribution in [3.8, 4) is 5.75 Å². The molecule has 4 amide bonds. The maximum absolute atomic E-state index is 14.5. The van der Waals surface area contributed by atoms with Crippen molar-refractivity contribution in [1.82, 2.24) is 9.80 Å². The van der Waals surface area contributed by atoms with Gasteiger partial charge in [-0.3, -0.25) is 14.6 Å². The van der Waals surface area contributed by atoms with Crippen LogP contribution in [0, 0.1) is 0 Å². The number of amides is 4. The summed E-state index contributed by atoms with van der Waals surface area (Å²) in [6.07, 6.45) is -0.452. The van der Waals surface area contributed by atoms with Gasteiger partial charge in [0, 0.05) is 44.8 Å². The Morgan fingerprint density at radius 2 is 1.62 bits per heavy atom. The van der Waals surface area contributed by atoms with E-state index in [1.807, 2.05) is 0 Å². The molecule has 0 spiro atoms. The number of nitrogens with zero attached hydrogens (tertiary/aromatic N) is 4. The number of methoxy groups -OCH3 is 1. The maximum Gasteiger partial charge on any atom is 0.410 e. The normalized spacial score (nSPS) is 16.8. The van der Waals surface area contributed by atoms with E-state index in [1.54, 1.807) is 49.9 Å². The molecule has 4 rings (SSSR count). The molecule has 40 heavy (non-hydrogen) atoms. The van der Waals surface area contributed by atoms with Gasteiger partial charge in [0.15, 0.2) is 0 Å². The molecular weight excluding hydrogens is 543 g/mol. The molecule has 0 atom stereocenters. The Morgan fingerprint density at radius 1 is 0.975 bits per heavy atom. The number of carbonyl (C=O) groups is 3. The molecule has 0 N–H and O–H groups in total. The molecule has 2 aliphatic heterocycles. The second kappa shape index (κ2) is 11.3. The van der Waals surface area contributed by atoms with Crippen molar-refractivity contribution in [2.45, 2.75) is 44.2 Å². The molecule has 0 radical (unpaired) electrons. The van der Waals surface area contributed by atoms with Crippen LogP contribution in [-0.2, 0) is 26.3 Å². The average Bonchev–Trinajstić information content (AvgIpc) is 2.90. The predicted molar refractivity (Wildman–Crippen MR) is 146 cm³/mol. The van der Waals surface area contributed by atoms with Crippen molar-refractivity contribution >= 4 is 39.6 Å². The topological polar surface area (TPSA) is 117 Å². The Bertz CT molecular complexity index is 1380. The summed E-state index contributed by atoms with van der Waals surface area (Å²) in [5.74, 6) is 0.267. The smallest absolute Gasteiger partial charge is 0.410 e. The van der Waals surface area contributed by atoms with Crippen molar-refractivity contribution in [2.75, 3.05) is 49.6 Å². The summed E-state index contributed by atoms with van der Waals surface area (Å²) in [6, 6.07) is 10.4. The highest BCUT2D eigenvalue weighted by atomic mass is 32.3. The van der Waals surface area contributed by atoms with Crippen molar-refractivity contribution in [3.63, 3.8) is 0 Å². The van der Waals surface area contributed by atoms with Crippen LogP contribution in [0.25, 0.3) is 0 Å². The number of hydrogen-bond donors (Lipinski definition) is 0. The van der Waals surface area contributed by atoms with Crippen LogP contribution < -0.4 is 14.5 Å². The van der Waals surface area contributed by atoms with E-state index in [1.165, 1.54) is 29.0 Å². The summed E-state index contributed by atoms with van der Waals surface area (Å²) in [6.45, 7) is 6.38. The minimum atomic E-state index is -5.17. The number of urea groups is 1. The molecule has 11 nitrogen and oxygen atoms in total. The minimum absolute atomic E-state index is 0.0203. The zero-order chi connectivity index (χ0) is 29.2. The Morgan fingerprint density at radius 3 is 2.20 bits per heavy atom. The van der Waals surface area contributed by atoms with Gasteiger partial charge in [0.1, 0.15) is 16.2 Å². The first-order valence-electron chi connectivity index (χ1n) is 12.8. The first kappa shape index (κ1) is 29.1. The van der Waals surface area contributed by atoms with Crippen LogP contribution in [-0.4, -0.2) is 81.7 Å². The molecule has 0 saturated carbocycles. The average molecular weight is 577 g/mol.